The quantitative estimate of drug-likeness (QED) is 0.162. The van der Waals surface area contributed by atoms with E-state index in [2.05, 4.69) is 0 Å². The van der Waals surface area contributed by atoms with Gasteiger partial charge in [0.25, 0.3) is 0 Å². The van der Waals surface area contributed by atoms with Crippen molar-refractivity contribution in [1.82, 2.24) is 4.57 Å². The highest BCUT2D eigenvalue weighted by Gasteiger charge is 2.29. The first-order valence-electron chi connectivity index (χ1n) is 15.2. The number of carbonyl (C=O) groups excluding carboxylic acids is 2. The van der Waals surface area contributed by atoms with Crippen molar-refractivity contribution in [3.05, 3.63) is 113 Å². The number of aromatic nitrogens is 1. The van der Waals surface area contributed by atoms with Crippen LogP contribution in [-0.2, 0) is 20.7 Å². The zero-order chi connectivity index (χ0) is 33.0. The molecule has 1 atom stereocenters. The number of aliphatic imine (C=N–C) groups is 1. The third-order valence-electron chi connectivity index (χ3n) is 6.67. The molecule has 1 N–H and O–H groups in total. The second kappa shape index (κ2) is 13.2. The predicted octanol–water partition coefficient (Wildman–Crippen LogP) is 8.00. The van der Waals surface area contributed by atoms with Gasteiger partial charge in [-0.2, -0.15) is 0 Å². The Balaban J connectivity index is 1.94. The number of aliphatic hydroxyl groups is 1. The number of nitrogens with zero attached hydrogens (tertiary/aromatic N) is 2. The van der Waals surface area contributed by atoms with Gasteiger partial charge >= 0.3 is 12.1 Å². The van der Waals surface area contributed by atoms with Crippen LogP contribution in [0.5, 0.6) is 0 Å². The summed E-state index contributed by atoms with van der Waals surface area (Å²) in [7, 11) is 0. The van der Waals surface area contributed by atoms with E-state index in [4.69, 9.17) is 14.5 Å². The van der Waals surface area contributed by atoms with Crippen LogP contribution in [0.1, 0.15) is 77.6 Å². The van der Waals surface area contributed by atoms with Gasteiger partial charge < -0.3 is 14.6 Å². The van der Waals surface area contributed by atoms with Gasteiger partial charge in [0.05, 0.1) is 16.8 Å². The molecule has 7 nitrogen and oxygen atoms in total. The Bertz CT molecular complexity index is 1660. The lowest BCUT2D eigenvalue weighted by molar-refractivity contribution is -0.156. The van der Waals surface area contributed by atoms with E-state index in [1.54, 1.807) is 26.1 Å². The van der Waals surface area contributed by atoms with Crippen molar-refractivity contribution in [3.8, 4) is 0 Å². The molecule has 0 aliphatic heterocycles. The van der Waals surface area contributed by atoms with Crippen molar-refractivity contribution >= 4 is 34.8 Å². The summed E-state index contributed by atoms with van der Waals surface area (Å²) in [4.78, 5) is 32.4. The molecular formula is C38H44N2O5. The average Bonchev–Trinajstić information content (AvgIpc) is 3.32. The Hall–Kier alpha value is -4.49. The van der Waals surface area contributed by atoms with Crippen LogP contribution in [0.4, 0.5) is 4.79 Å². The fourth-order valence-corrected chi connectivity index (χ4v) is 4.87. The molecule has 0 radical (unpaired) electrons. The van der Waals surface area contributed by atoms with E-state index in [0.717, 1.165) is 22.1 Å². The number of hydrogen-bond donors (Lipinski definition) is 1. The van der Waals surface area contributed by atoms with Crippen LogP contribution in [-0.4, -0.2) is 50.3 Å². The highest BCUT2D eigenvalue weighted by Crippen LogP contribution is 2.30. The SMILES string of the molecule is CC(C)(O)/C=C/c1cccc2c1c(C[C@H](N=C(c1ccccc1)c1ccccc1)C(=O)OC(C)(C)C)cn2C(=O)OC(C)(C)C. The topological polar surface area (TPSA) is 90.1 Å². The second-order valence-electron chi connectivity index (χ2n) is 13.7. The monoisotopic (exact) mass is 608 g/mol. The van der Waals surface area contributed by atoms with Gasteiger partial charge in [-0.3, -0.25) is 9.56 Å². The Morgan fingerprint density at radius 2 is 1.36 bits per heavy atom. The van der Waals surface area contributed by atoms with E-state index in [-0.39, 0.29) is 6.42 Å². The second-order valence-corrected chi connectivity index (χ2v) is 13.7. The molecule has 0 aliphatic rings. The van der Waals surface area contributed by atoms with Crippen molar-refractivity contribution in [1.29, 1.82) is 0 Å². The Morgan fingerprint density at radius 1 is 0.800 bits per heavy atom. The third-order valence-corrected chi connectivity index (χ3v) is 6.67. The first-order chi connectivity index (χ1) is 21.0. The van der Waals surface area contributed by atoms with E-state index in [9.17, 15) is 14.7 Å². The van der Waals surface area contributed by atoms with Crippen LogP contribution in [0, 0.1) is 0 Å². The van der Waals surface area contributed by atoms with E-state index in [1.807, 2.05) is 126 Å². The minimum atomic E-state index is -1.06. The summed E-state index contributed by atoms with van der Waals surface area (Å²) in [6.07, 6.45) is 4.86. The van der Waals surface area contributed by atoms with E-state index in [0.29, 0.717) is 16.8 Å². The van der Waals surface area contributed by atoms with Crippen LogP contribution in [0.15, 0.2) is 96.1 Å². The fraction of sp³-hybridized carbons (Fsp3) is 0.342. The molecule has 1 aromatic heterocycles. The molecule has 1 heterocycles. The highest BCUT2D eigenvalue weighted by atomic mass is 16.6. The standard InChI is InChI=1S/C38H44N2O5/c1-36(2,3)44-34(41)30(39-33(27-16-11-9-12-17-27)28-18-13-10-14-19-28)24-29-25-40(35(42)45-37(4,5)6)31-21-15-20-26(32(29)31)22-23-38(7,8)43/h9-23,25,30,43H,24H2,1-8H3/b23-22+/t30-/m0/s1. The minimum Gasteiger partial charge on any atom is -0.458 e. The molecule has 0 saturated heterocycles. The van der Waals surface area contributed by atoms with Crippen LogP contribution in [0.2, 0.25) is 0 Å². The van der Waals surface area contributed by atoms with Gasteiger partial charge in [0.1, 0.15) is 11.2 Å². The van der Waals surface area contributed by atoms with E-state index in [1.165, 1.54) is 4.57 Å². The highest BCUT2D eigenvalue weighted by molar-refractivity contribution is 6.13. The number of ether oxygens (including phenoxy) is 2. The van der Waals surface area contributed by atoms with Crippen molar-refractivity contribution in [2.24, 2.45) is 4.99 Å². The summed E-state index contributed by atoms with van der Waals surface area (Å²) >= 11 is 0. The fourth-order valence-electron chi connectivity index (χ4n) is 4.87. The van der Waals surface area contributed by atoms with Gasteiger partial charge in [0.15, 0.2) is 6.04 Å². The lowest BCUT2D eigenvalue weighted by Gasteiger charge is -2.23. The Kier molecular flexibility index (Phi) is 9.83. The first kappa shape index (κ1) is 33.4. The van der Waals surface area contributed by atoms with Crippen LogP contribution in [0.3, 0.4) is 0 Å². The largest absolute Gasteiger partial charge is 0.458 e. The van der Waals surface area contributed by atoms with Crippen LogP contribution >= 0.6 is 0 Å². The molecule has 45 heavy (non-hydrogen) atoms. The summed E-state index contributed by atoms with van der Waals surface area (Å²) in [5, 5.41) is 11.2. The van der Waals surface area contributed by atoms with Crippen molar-refractivity contribution < 1.29 is 24.2 Å². The molecule has 0 saturated carbocycles. The first-order valence-corrected chi connectivity index (χ1v) is 15.2. The zero-order valence-corrected chi connectivity index (χ0v) is 27.5. The summed E-state index contributed by atoms with van der Waals surface area (Å²) in [6, 6.07) is 24.1. The molecule has 4 aromatic rings. The Morgan fingerprint density at radius 3 is 1.87 bits per heavy atom. The maximum atomic E-state index is 13.9. The van der Waals surface area contributed by atoms with Crippen molar-refractivity contribution in [2.75, 3.05) is 0 Å². The smallest absolute Gasteiger partial charge is 0.419 e. The lowest BCUT2D eigenvalue weighted by Crippen LogP contribution is -2.33. The normalized spacial score (nSPS) is 13.1. The van der Waals surface area contributed by atoms with E-state index >= 15 is 0 Å². The summed E-state index contributed by atoms with van der Waals surface area (Å²) in [6.45, 7) is 14.3. The third kappa shape index (κ3) is 9.25. The lowest BCUT2D eigenvalue weighted by atomic mass is 9.98. The van der Waals surface area contributed by atoms with Gasteiger partial charge in [-0.25, -0.2) is 9.59 Å². The van der Waals surface area contributed by atoms with Gasteiger partial charge in [-0.05, 0) is 72.6 Å². The minimum absolute atomic E-state index is 0.151. The molecule has 7 heteroatoms. The molecule has 0 spiro atoms. The molecule has 0 amide bonds. The maximum Gasteiger partial charge on any atom is 0.419 e. The van der Waals surface area contributed by atoms with Gasteiger partial charge in [-0.1, -0.05) is 84.9 Å². The molecule has 0 aliphatic carbocycles. The number of rotatable bonds is 8. The molecule has 0 fully saturated rings. The summed E-state index contributed by atoms with van der Waals surface area (Å²) in [5.74, 6) is -0.477. The number of esters is 1. The molecule has 3 aromatic carbocycles. The molecule has 0 unspecified atom stereocenters. The van der Waals surface area contributed by atoms with Crippen LogP contribution < -0.4 is 0 Å². The maximum absolute atomic E-state index is 13.9. The predicted molar refractivity (Wildman–Crippen MR) is 181 cm³/mol. The van der Waals surface area contributed by atoms with Gasteiger partial charge in [-0.15, -0.1) is 0 Å². The van der Waals surface area contributed by atoms with Crippen molar-refractivity contribution in [2.45, 2.75) is 84.7 Å². The summed E-state index contributed by atoms with van der Waals surface area (Å²) in [5.41, 5.74) is 1.99. The van der Waals surface area contributed by atoms with Crippen molar-refractivity contribution in [3.63, 3.8) is 0 Å². The number of benzene rings is 3. The molecule has 0 bridgehead atoms. The van der Waals surface area contributed by atoms with Crippen LogP contribution in [0.25, 0.3) is 17.0 Å². The van der Waals surface area contributed by atoms with Gasteiger partial charge in [0, 0.05) is 29.1 Å². The molecular weight excluding hydrogens is 564 g/mol. The molecule has 4 rings (SSSR count). The molecule has 236 valence electrons. The Labute approximate surface area is 266 Å². The number of hydrogen-bond acceptors (Lipinski definition) is 6. The number of carbonyl (C=O) groups is 2. The average molecular weight is 609 g/mol. The van der Waals surface area contributed by atoms with Gasteiger partial charge in [0.2, 0.25) is 0 Å². The summed E-state index contributed by atoms with van der Waals surface area (Å²) < 4.78 is 13.1. The zero-order valence-electron chi connectivity index (χ0n) is 27.5. The van der Waals surface area contributed by atoms with E-state index < -0.39 is 34.9 Å². The number of fused-ring (bicyclic) bond motifs is 1.